The van der Waals surface area contributed by atoms with Gasteiger partial charge in [0.2, 0.25) is 0 Å². The molecule has 0 aromatic rings. The maximum Gasteiger partial charge on any atom is 0.472 e. The van der Waals surface area contributed by atoms with Crippen LogP contribution >= 0.6 is 7.82 Å². The zero-order valence-corrected chi connectivity index (χ0v) is 60.5. The number of allylic oxidation sites excluding steroid dienone is 5. The maximum absolute atomic E-state index is 14.3. The number of carbonyl (C=O) groups excluding carboxylic acids is 3. The highest BCUT2D eigenvalue weighted by Crippen LogP contribution is 2.49. The lowest BCUT2D eigenvalue weighted by molar-refractivity contribution is -0.360. The van der Waals surface area contributed by atoms with Gasteiger partial charge in [-0.1, -0.05) is 244 Å². The predicted molar refractivity (Wildman–Crippen MR) is 370 cm³/mol. The second-order valence-corrected chi connectivity index (χ2v) is 28.5. The molecule has 3 rings (SSSR count). The molecule has 18 atom stereocenters. The van der Waals surface area contributed by atoms with Gasteiger partial charge in [0.15, 0.2) is 18.7 Å². The Balaban J connectivity index is 1.76. The third-order valence-corrected chi connectivity index (χ3v) is 19.5. The predicted octanol–water partition coefficient (Wildman–Crippen LogP) is 10.3. The van der Waals surface area contributed by atoms with Gasteiger partial charge >= 0.3 is 25.7 Å². The fourth-order valence-electron chi connectivity index (χ4n) is 12.3. The summed E-state index contributed by atoms with van der Waals surface area (Å²) in [6.07, 6.45) is 17.1. The first-order valence-electron chi connectivity index (χ1n) is 37.8. The first-order valence-corrected chi connectivity index (χ1v) is 39.3. The summed E-state index contributed by atoms with van der Waals surface area (Å²) in [7, 11) is -5.72. The fraction of sp³-hybridized carbons (Fsp3) is 0.877. The van der Waals surface area contributed by atoms with E-state index in [1.165, 1.54) is 147 Å². The molecule has 2 heterocycles. The highest BCUT2D eigenvalue weighted by Gasteiger charge is 2.58. The van der Waals surface area contributed by atoms with Gasteiger partial charge in [-0.3, -0.25) is 18.6 Å². The van der Waals surface area contributed by atoms with Crippen LogP contribution < -0.4 is 0 Å². The van der Waals surface area contributed by atoms with E-state index in [1.54, 1.807) is 6.08 Å². The van der Waals surface area contributed by atoms with E-state index >= 15 is 0 Å². The van der Waals surface area contributed by atoms with Crippen LogP contribution in [-0.4, -0.2) is 204 Å². The summed E-state index contributed by atoms with van der Waals surface area (Å²) in [5.74, 6) is -2.26. The molecule has 0 amide bonds. The largest absolute Gasteiger partial charge is 0.472 e. The number of hydrogen-bond acceptors (Lipinski definition) is 23. The molecular weight excluding hydrogens is 1290 g/mol. The van der Waals surface area contributed by atoms with Gasteiger partial charge in [-0.05, 0) is 51.4 Å². The molecular formula is C73H131O24P. The Kier molecular flexibility index (Phi) is 50.0. The van der Waals surface area contributed by atoms with Crippen molar-refractivity contribution in [3.05, 3.63) is 36.5 Å². The van der Waals surface area contributed by atoms with E-state index in [1.807, 2.05) is 6.08 Å². The summed E-state index contributed by atoms with van der Waals surface area (Å²) >= 11 is 0. The number of carbonyl (C=O) groups is 3. The van der Waals surface area contributed by atoms with E-state index < -0.39 is 156 Å². The van der Waals surface area contributed by atoms with Gasteiger partial charge < -0.3 is 89.1 Å². The van der Waals surface area contributed by atoms with E-state index in [0.29, 0.717) is 12.8 Å². The number of rotatable bonds is 58. The number of phosphoric acid groups is 1. The maximum atomic E-state index is 14.3. The van der Waals surface area contributed by atoms with Crippen molar-refractivity contribution in [1.29, 1.82) is 0 Å². The Morgan fingerprint density at radius 2 is 0.796 bits per heavy atom. The van der Waals surface area contributed by atoms with E-state index in [0.717, 1.165) is 96.0 Å². The first kappa shape index (κ1) is 89.4. The van der Waals surface area contributed by atoms with Crippen LogP contribution in [0.15, 0.2) is 36.5 Å². The molecule has 2 saturated heterocycles. The zero-order valence-electron chi connectivity index (χ0n) is 59.6. The van der Waals surface area contributed by atoms with E-state index in [2.05, 4.69) is 32.9 Å². The monoisotopic (exact) mass is 1420 g/mol. The minimum Gasteiger partial charge on any atom is -0.463 e. The summed E-state index contributed by atoms with van der Waals surface area (Å²) in [5.41, 5.74) is 0. The molecule has 0 bridgehead atoms. The Morgan fingerprint density at radius 1 is 0.418 bits per heavy atom. The van der Waals surface area contributed by atoms with Crippen LogP contribution in [-0.2, 0) is 61.2 Å². The SMILES string of the molecule is CCCCCCCCC/C=C\CCCCCC(=O)OCC1OC(OC2C(O)C(O)C(O)C(OC3OC(CO)C(O)C(O)C3O)C2OP(=O)(O)OCC(COC(=O)/C=C/C=C/CCCCCCCCCCCCC)OC(=O)CCCCCCCCCCCCCCCC)C(O)C(O)C1O. The van der Waals surface area contributed by atoms with Crippen molar-refractivity contribution >= 4 is 25.7 Å². The molecule has 18 unspecified atom stereocenters. The molecule has 1 saturated carbocycles. The van der Waals surface area contributed by atoms with Crippen molar-refractivity contribution in [2.75, 3.05) is 26.4 Å². The van der Waals surface area contributed by atoms with Crippen LogP contribution in [0.3, 0.4) is 0 Å². The van der Waals surface area contributed by atoms with Gasteiger partial charge in [-0.25, -0.2) is 9.36 Å². The fourth-order valence-corrected chi connectivity index (χ4v) is 13.3. The number of hydrogen-bond donors (Lipinski definition) is 11. The third kappa shape index (κ3) is 37.6. The summed E-state index contributed by atoms with van der Waals surface area (Å²) in [6, 6.07) is 0. The summed E-state index contributed by atoms with van der Waals surface area (Å²) < 4.78 is 64.8. The van der Waals surface area contributed by atoms with Gasteiger partial charge in [0, 0.05) is 18.9 Å². The summed E-state index contributed by atoms with van der Waals surface area (Å²) in [4.78, 5) is 50.8. The standard InChI is InChI=1S/C73H131O24P/c1-4-7-10-13-16-19-22-25-28-31-33-35-38-41-44-47-57(75)89-51-54(92-59(77)49-46-43-40-37-34-30-27-24-21-18-15-12-9-6-3)52-91-98(87,88)97-71-69(95-72-67(85)62(80)60(78)55(50-74)93-72)65(83)64(82)66(84)70(71)96-73-68(86)63(81)61(79)56(94-73)53-90-58(76)48-45-42-39-36-32-29-26-23-20-17-14-11-8-5-2/h29,32,38,41,44,47,54-56,60-74,78-86H,4-28,30-31,33-37,39-40,42-43,45-46,48-53H2,1-3H3,(H,87,88)/b32-29-,41-38+,47-44+. The van der Waals surface area contributed by atoms with Gasteiger partial charge in [0.05, 0.1) is 13.2 Å². The van der Waals surface area contributed by atoms with Crippen LogP contribution in [0.25, 0.3) is 0 Å². The van der Waals surface area contributed by atoms with Crippen LogP contribution in [0.4, 0.5) is 0 Å². The van der Waals surface area contributed by atoms with Crippen molar-refractivity contribution in [2.45, 2.75) is 382 Å². The van der Waals surface area contributed by atoms with Crippen molar-refractivity contribution in [1.82, 2.24) is 0 Å². The Morgan fingerprint density at radius 3 is 1.24 bits per heavy atom. The molecule has 572 valence electrons. The zero-order chi connectivity index (χ0) is 71.8. The topological polar surface area (TPSA) is 374 Å². The lowest BCUT2D eigenvalue weighted by atomic mass is 9.84. The third-order valence-electron chi connectivity index (χ3n) is 18.5. The minimum absolute atomic E-state index is 0.00486. The van der Waals surface area contributed by atoms with Crippen LogP contribution in [0.1, 0.15) is 278 Å². The molecule has 24 nitrogen and oxygen atoms in total. The van der Waals surface area contributed by atoms with Crippen LogP contribution in [0, 0.1) is 0 Å². The van der Waals surface area contributed by atoms with Gasteiger partial charge in [0.1, 0.15) is 98.7 Å². The molecule has 0 aromatic heterocycles. The van der Waals surface area contributed by atoms with E-state index in [-0.39, 0.29) is 12.8 Å². The second-order valence-electron chi connectivity index (χ2n) is 27.1. The quantitative estimate of drug-likeness (QED) is 0.00513. The molecule has 3 fully saturated rings. The number of aliphatic hydroxyl groups is 10. The lowest BCUT2D eigenvalue weighted by Gasteiger charge is -2.49. The smallest absolute Gasteiger partial charge is 0.463 e. The molecule has 11 N–H and O–H groups in total. The molecule has 3 aliphatic rings. The normalized spacial score (nSPS) is 27.8. The Labute approximate surface area is 585 Å². The average Bonchev–Trinajstić information content (AvgIpc) is 0.761. The van der Waals surface area contributed by atoms with Gasteiger partial charge in [-0.15, -0.1) is 0 Å². The lowest BCUT2D eigenvalue weighted by Crippen LogP contribution is -2.69. The molecule has 98 heavy (non-hydrogen) atoms. The minimum atomic E-state index is -5.72. The van der Waals surface area contributed by atoms with E-state index in [4.69, 9.17) is 42.2 Å². The van der Waals surface area contributed by atoms with Crippen molar-refractivity contribution in [3.8, 4) is 0 Å². The molecule has 0 radical (unpaired) electrons. The highest BCUT2D eigenvalue weighted by molar-refractivity contribution is 7.47. The first-order chi connectivity index (χ1) is 47.3. The van der Waals surface area contributed by atoms with E-state index in [9.17, 15) is 74.9 Å². The highest BCUT2D eigenvalue weighted by atomic mass is 31.2. The molecule has 1 aliphatic carbocycles. The number of esters is 3. The van der Waals surface area contributed by atoms with Crippen molar-refractivity contribution in [2.24, 2.45) is 0 Å². The van der Waals surface area contributed by atoms with Crippen LogP contribution in [0.2, 0.25) is 0 Å². The number of aliphatic hydroxyl groups excluding tert-OH is 10. The average molecular weight is 1420 g/mol. The molecule has 25 heteroatoms. The number of unbranched alkanes of at least 4 members (excludes halogenated alkanes) is 34. The van der Waals surface area contributed by atoms with Gasteiger partial charge in [0.25, 0.3) is 0 Å². The van der Waals surface area contributed by atoms with Crippen molar-refractivity contribution in [3.63, 3.8) is 0 Å². The van der Waals surface area contributed by atoms with Gasteiger partial charge in [-0.2, -0.15) is 0 Å². The molecule has 0 spiro atoms. The summed E-state index contributed by atoms with van der Waals surface area (Å²) in [6.45, 7) is 3.31. The Hall–Kier alpha value is -2.82. The molecule has 2 aliphatic heterocycles. The Bertz CT molecular complexity index is 2170. The summed E-state index contributed by atoms with van der Waals surface area (Å²) in [5, 5.41) is 110. The molecule has 0 aromatic carbocycles. The van der Waals surface area contributed by atoms with Crippen LogP contribution in [0.5, 0.6) is 0 Å². The number of ether oxygens (including phenoxy) is 7. The number of phosphoric ester groups is 1. The second kappa shape index (κ2) is 54.8. The van der Waals surface area contributed by atoms with Crippen molar-refractivity contribution < 1.29 is 117 Å².